The lowest BCUT2D eigenvalue weighted by Gasteiger charge is -2.26. The van der Waals surface area contributed by atoms with Gasteiger partial charge in [-0.2, -0.15) is 5.26 Å². The summed E-state index contributed by atoms with van der Waals surface area (Å²) >= 11 is 0. The number of anilines is 1. The van der Waals surface area contributed by atoms with Crippen LogP contribution in [0.4, 0.5) is 11.4 Å². The molecule has 7 nitrogen and oxygen atoms in total. The molecule has 1 aromatic rings. The Morgan fingerprint density at radius 3 is 2.95 bits per heavy atom. The molecule has 0 bridgehead atoms. The monoisotopic (exact) mass is 275 g/mol. The van der Waals surface area contributed by atoms with Gasteiger partial charge in [-0.3, -0.25) is 14.9 Å². The van der Waals surface area contributed by atoms with E-state index in [1.54, 1.807) is 0 Å². The van der Waals surface area contributed by atoms with E-state index in [1.165, 1.54) is 18.2 Å². The van der Waals surface area contributed by atoms with E-state index in [9.17, 15) is 14.9 Å². The number of nitrogens with zero attached hydrogens (tertiary/aromatic N) is 3. The van der Waals surface area contributed by atoms with E-state index in [-0.39, 0.29) is 23.7 Å². The standard InChI is InChI=1S/C13H13N3O4/c14-8-9-6-11(16(19)20)3-4-12(9)15-5-1-2-10(15)7-13(17)18/h3-4,6,10H,1-2,5,7H2,(H,17,18). The summed E-state index contributed by atoms with van der Waals surface area (Å²) in [5.41, 5.74) is 0.637. The highest BCUT2D eigenvalue weighted by atomic mass is 16.6. The number of nitro groups is 1. The summed E-state index contributed by atoms with van der Waals surface area (Å²) in [7, 11) is 0. The van der Waals surface area contributed by atoms with Gasteiger partial charge in [-0.1, -0.05) is 0 Å². The largest absolute Gasteiger partial charge is 0.481 e. The Hall–Kier alpha value is -2.62. The van der Waals surface area contributed by atoms with E-state index >= 15 is 0 Å². The van der Waals surface area contributed by atoms with E-state index in [0.29, 0.717) is 12.2 Å². The van der Waals surface area contributed by atoms with Crippen LogP contribution in [0.3, 0.4) is 0 Å². The summed E-state index contributed by atoms with van der Waals surface area (Å²) in [5, 5.41) is 28.8. The highest BCUT2D eigenvalue weighted by Crippen LogP contribution is 2.32. The summed E-state index contributed by atoms with van der Waals surface area (Å²) in [5.74, 6) is -0.887. The topological polar surface area (TPSA) is 107 Å². The maximum atomic E-state index is 10.8. The minimum atomic E-state index is -0.887. The van der Waals surface area contributed by atoms with Crippen LogP contribution in [0.1, 0.15) is 24.8 Å². The molecule has 1 unspecified atom stereocenters. The smallest absolute Gasteiger partial charge is 0.305 e. The summed E-state index contributed by atoms with van der Waals surface area (Å²) in [6.45, 7) is 0.657. The third kappa shape index (κ3) is 2.69. The van der Waals surface area contributed by atoms with Gasteiger partial charge < -0.3 is 10.0 Å². The lowest BCUT2D eigenvalue weighted by Crippen LogP contribution is -2.31. The number of hydrogen-bond acceptors (Lipinski definition) is 5. The molecule has 0 radical (unpaired) electrons. The second-order valence-electron chi connectivity index (χ2n) is 4.66. The van der Waals surface area contributed by atoms with Gasteiger partial charge in [0.25, 0.3) is 5.69 Å². The lowest BCUT2D eigenvalue weighted by molar-refractivity contribution is -0.384. The van der Waals surface area contributed by atoms with Gasteiger partial charge in [0.2, 0.25) is 0 Å². The number of nitriles is 1. The molecule has 1 aromatic carbocycles. The van der Waals surface area contributed by atoms with Crippen LogP contribution in [0.25, 0.3) is 0 Å². The summed E-state index contributed by atoms with van der Waals surface area (Å²) in [6.07, 6.45) is 1.59. The van der Waals surface area contributed by atoms with Crippen LogP contribution in [-0.2, 0) is 4.79 Å². The van der Waals surface area contributed by atoms with Crippen LogP contribution in [-0.4, -0.2) is 28.6 Å². The van der Waals surface area contributed by atoms with Crippen molar-refractivity contribution in [2.75, 3.05) is 11.4 Å². The normalized spacial score (nSPS) is 17.8. The van der Waals surface area contributed by atoms with Crippen LogP contribution < -0.4 is 4.90 Å². The van der Waals surface area contributed by atoms with Gasteiger partial charge in [-0.15, -0.1) is 0 Å². The molecule has 2 rings (SSSR count). The average molecular weight is 275 g/mol. The average Bonchev–Trinajstić information content (AvgIpc) is 2.84. The third-order valence-electron chi connectivity index (χ3n) is 3.41. The van der Waals surface area contributed by atoms with Crippen molar-refractivity contribution in [3.8, 4) is 6.07 Å². The van der Waals surface area contributed by atoms with Crippen LogP contribution in [0.5, 0.6) is 0 Å². The number of carboxylic acids is 1. The Labute approximate surface area is 115 Å². The molecule has 0 saturated carbocycles. The zero-order valence-electron chi connectivity index (χ0n) is 10.7. The number of benzene rings is 1. The second kappa shape index (κ2) is 5.57. The fourth-order valence-electron chi connectivity index (χ4n) is 2.54. The predicted octanol–water partition coefficient (Wildman–Crippen LogP) is 1.91. The molecular formula is C13H13N3O4. The predicted molar refractivity (Wildman–Crippen MR) is 70.4 cm³/mol. The van der Waals surface area contributed by atoms with E-state index in [2.05, 4.69) is 0 Å². The minimum absolute atomic E-state index is 0.00184. The van der Waals surface area contributed by atoms with Crippen LogP contribution in [0, 0.1) is 21.4 Å². The highest BCUT2D eigenvalue weighted by molar-refractivity contribution is 5.70. The fourth-order valence-corrected chi connectivity index (χ4v) is 2.54. The zero-order valence-corrected chi connectivity index (χ0v) is 10.7. The molecule has 1 saturated heterocycles. The van der Waals surface area contributed by atoms with Crippen molar-refractivity contribution in [1.82, 2.24) is 0 Å². The van der Waals surface area contributed by atoms with Crippen molar-refractivity contribution in [2.24, 2.45) is 0 Å². The second-order valence-corrected chi connectivity index (χ2v) is 4.66. The van der Waals surface area contributed by atoms with Crippen LogP contribution in [0.2, 0.25) is 0 Å². The molecule has 0 amide bonds. The van der Waals surface area contributed by atoms with Gasteiger partial charge in [-0.05, 0) is 18.9 Å². The van der Waals surface area contributed by atoms with Crippen LogP contribution in [0.15, 0.2) is 18.2 Å². The number of rotatable bonds is 4. The zero-order chi connectivity index (χ0) is 14.7. The number of nitro benzene ring substituents is 1. The molecule has 1 aliphatic rings. The van der Waals surface area contributed by atoms with E-state index < -0.39 is 10.9 Å². The molecule has 1 atom stereocenters. The summed E-state index contributed by atoms with van der Waals surface area (Å²) in [4.78, 5) is 22.9. The first-order valence-corrected chi connectivity index (χ1v) is 6.20. The van der Waals surface area contributed by atoms with Gasteiger partial charge in [-0.25, -0.2) is 0 Å². The first kappa shape index (κ1) is 13.8. The first-order chi connectivity index (χ1) is 9.52. The van der Waals surface area contributed by atoms with Gasteiger partial charge in [0.1, 0.15) is 6.07 Å². The quantitative estimate of drug-likeness (QED) is 0.664. The van der Waals surface area contributed by atoms with Crippen molar-refractivity contribution >= 4 is 17.3 Å². The summed E-state index contributed by atoms with van der Waals surface area (Å²) < 4.78 is 0. The Bertz CT molecular complexity index is 594. The third-order valence-corrected chi connectivity index (χ3v) is 3.41. The molecule has 0 aromatic heterocycles. The minimum Gasteiger partial charge on any atom is -0.481 e. The maximum absolute atomic E-state index is 10.8. The van der Waals surface area contributed by atoms with Crippen LogP contribution >= 0.6 is 0 Å². The Kier molecular flexibility index (Phi) is 3.84. The molecule has 0 aliphatic carbocycles. The Balaban J connectivity index is 2.34. The molecule has 1 aliphatic heterocycles. The molecule has 104 valence electrons. The number of hydrogen-bond donors (Lipinski definition) is 1. The highest BCUT2D eigenvalue weighted by Gasteiger charge is 2.28. The molecule has 1 heterocycles. The van der Waals surface area contributed by atoms with Crippen molar-refractivity contribution < 1.29 is 14.8 Å². The number of aliphatic carboxylic acids is 1. The Morgan fingerprint density at radius 2 is 2.35 bits per heavy atom. The first-order valence-electron chi connectivity index (χ1n) is 6.20. The van der Waals surface area contributed by atoms with Crippen molar-refractivity contribution in [2.45, 2.75) is 25.3 Å². The molecule has 20 heavy (non-hydrogen) atoms. The molecule has 7 heteroatoms. The van der Waals surface area contributed by atoms with E-state index in [0.717, 1.165) is 12.8 Å². The maximum Gasteiger partial charge on any atom is 0.305 e. The van der Waals surface area contributed by atoms with Crippen molar-refractivity contribution in [3.63, 3.8) is 0 Å². The Morgan fingerprint density at radius 1 is 1.60 bits per heavy atom. The molecule has 1 N–H and O–H groups in total. The fraction of sp³-hybridized carbons (Fsp3) is 0.385. The van der Waals surface area contributed by atoms with Gasteiger partial charge in [0.15, 0.2) is 0 Å². The summed E-state index contributed by atoms with van der Waals surface area (Å²) in [6, 6.07) is 5.87. The molecule has 0 spiro atoms. The van der Waals surface area contributed by atoms with Gasteiger partial charge in [0, 0.05) is 24.7 Å². The van der Waals surface area contributed by atoms with Gasteiger partial charge >= 0.3 is 5.97 Å². The lowest BCUT2D eigenvalue weighted by atomic mass is 10.1. The molecule has 1 fully saturated rings. The molecular weight excluding hydrogens is 262 g/mol. The van der Waals surface area contributed by atoms with E-state index in [1.807, 2.05) is 11.0 Å². The van der Waals surface area contributed by atoms with Crippen molar-refractivity contribution in [1.29, 1.82) is 5.26 Å². The number of non-ortho nitro benzene ring substituents is 1. The van der Waals surface area contributed by atoms with E-state index in [4.69, 9.17) is 10.4 Å². The van der Waals surface area contributed by atoms with Gasteiger partial charge in [0.05, 0.1) is 22.6 Å². The number of carbonyl (C=O) groups is 1. The SMILES string of the molecule is N#Cc1cc([N+](=O)[O-])ccc1N1CCCC1CC(=O)O. The number of carboxylic acid groups (broad SMARTS) is 1. The van der Waals surface area contributed by atoms with Crippen molar-refractivity contribution in [3.05, 3.63) is 33.9 Å².